The van der Waals surface area contributed by atoms with Crippen LogP contribution in [0, 0.1) is 0 Å². The first kappa shape index (κ1) is 63.5. The van der Waals surface area contributed by atoms with Crippen LogP contribution in [0.5, 0.6) is 0 Å². The lowest BCUT2D eigenvalue weighted by molar-refractivity contribution is 1.57. The Hall–Kier alpha value is -13.3. The molecule has 102 heavy (non-hydrogen) atoms. The van der Waals surface area contributed by atoms with Gasteiger partial charge >= 0.3 is 0 Å². The second kappa shape index (κ2) is 29.8. The molecule has 0 nitrogen and oxygen atoms in total. The van der Waals surface area contributed by atoms with E-state index in [9.17, 15) is 0 Å². The molecule has 0 spiro atoms. The molecule has 18 aromatic rings. The van der Waals surface area contributed by atoms with Gasteiger partial charge in [0.05, 0.1) is 0 Å². The number of hydrogen-bond donors (Lipinski definition) is 0. The van der Waals surface area contributed by atoms with E-state index >= 15 is 0 Å². The molecule has 0 amide bonds. The zero-order valence-electron chi connectivity index (χ0n) is 56.6. The molecule has 0 aliphatic rings. The molecule has 0 aliphatic carbocycles. The minimum Gasteiger partial charge on any atom is -0.0622 e. The van der Waals surface area contributed by atoms with Crippen LogP contribution in [0.15, 0.2) is 437 Å². The first-order chi connectivity index (χ1) is 50.7. The molecule has 480 valence electrons. The Bertz CT molecular complexity index is 4870. The monoisotopic (exact) mass is 1300 g/mol. The largest absolute Gasteiger partial charge is 0.0622 e. The van der Waals surface area contributed by atoms with Gasteiger partial charge in [0.2, 0.25) is 0 Å². The molecule has 0 heterocycles. The lowest BCUT2D eigenvalue weighted by Gasteiger charge is -2.24. The van der Waals surface area contributed by atoms with Crippen LogP contribution in [0.25, 0.3) is 166 Å². The van der Waals surface area contributed by atoms with Gasteiger partial charge in [0.15, 0.2) is 0 Å². The first-order valence-electron chi connectivity index (χ1n) is 35.2. The van der Waals surface area contributed by atoms with Gasteiger partial charge in [-0.3, -0.25) is 0 Å². The summed E-state index contributed by atoms with van der Waals surface area (Å²) in [6, 6.07) is 156. The van der Waals surface area contributed by atoms with Gasteiger partial charge < -0.3 is 0 Å². The van der Waals surface area contributed by atoms with Gasteiger partial charge in [0.1, 0.15) is 0 Å². The van der Waals surface area contributed by atoms with E-state index in [4.69, 9.17) is 0 Å². The molecule has 0 heteroatoms. The molecule has 0 saturated heterocycles. The average molecular weight is 1300 g/mol. The first-order valence-corrected chi connectivity index (χ1v) is 35.2. The molecule has 0 N–H and O–H groups in total. The summed E-state index contributed by atoms with van der Waals surface area (Å²) in [5.41, 5.74) is 30.0. The smallest absolute Gasteiger partial charge is 0.00141 e. The van der Waals surface area contributed by atoms with E-state index in [-0.39, 0.29) is 0 Å². The summed E-state index contributed by atoms with van der Waals surface area (Å²) in [6.07, 6.45) is 0. The summed E-state index contributed by atoms with van der Waals surface area (Å²) in [5.74, 6) is 0. The maximum absolute atomic E-state index is 2.27. The highest BCUT2D eigenvalue weighted by Gasteiger charge is 2.27. The standard InChI is InChI=1S/3C34H24/c3*1-5-15-25(16-6-1)31-29-23-13-14-24-30(29)32(26-17-7-2-8-18-26)34(28-21-11-4-12-22-28)33(31)27-19-9-3-10-20-27/h3*1-24H. The lowest BCUT2D eigenvalue weighted by atomic mass is 9.79. The van der Waals surface area contributed by atoms with Gasteiger partial charge in [-0.1, -0.05) is 437 Å². The number of rotatable bonds is 12. The van der Waals surface area contributed by atoms with Crippen LogP contribution in [-0.4, -0.2) is 0 Å². The third-order valence-corrected chi connectivity index (χ3v) is 19.4. The Kier molecular flexibility index (Phi) is 18.6. The summed E-state index contributed by atoms with van der Waals surface area (Å²) in [6.45, 7) is 0. The quantitative estimate of drug-likeness (QED) is 0.114. The highest BCUT2D eigenvalue weighted by atomic mass is 14.3. The van der Waals surface area contributed by atoms with Gasteiger partial charge in [0, 0.05) is 0 Å². The van der Waals surface area contributed by atoms with Crippen molar-refractivity contribution < 1.29 is 0 Å². The fraction of sp³-hybridized carbons (Fsp3) is 0. The SMILES string of the molecule is c1ccc(-c2c(-c3ccccc3)c(-c3ccccc3)c3ccccc3c2-c2ccccc2)cc1.c1ccc(-c2c(-c3ccccc3)c(-c3ccccc3)c3ccccc3c2-c2ccccc2)cc1.c1ccc(-c2c(-c3ccccc3)c(-c3ccccc3)c3ccccc3c2-c2ccccc2)cc1. The Morgan fingerprint density at radius 2 is 0.147 bits per heavy atom. The van der Waals surface area contributed by atoms with E-state index in [0.717, 1.165) is 0 Å². The van der Waals surface area contributed by atoms with Crippen LogP contribution in [-0.2, 0) is 0 Å². The molecule has 0 aromatic heterocycles. The summed E-state index contributed by atoms with van der Waals surface area (Å²) < 4.78 is 0. The van der Waals surface area contributed by atoms with E-state index in [0.29, 0.717) is 0 Å². The summed E-state index contributed by atoms with van der Waals surface area (Å²) >= 11 is 0. The van der Waals surface area contributed by atoms with E-state index in [1.807, 2.05) is 0 Å². The van der Waals surface area contributed by atoms with Crippen molar-refractivity contribution in [3.8, 4) is 134 Å². The van der Waals surface area contributed by atoms with Crippen molar-refractivity contribution in [3.63, 3.8) is 0 Å². The third-order valence-electron chi connectivity index (χ3n) is 19.4. The molecular weight excluding hydrogens is 1230 g/mol. The van der Waals surface area contributed by atoms with Crippen molar-refractivity contribution in [2.45, 2.75) is 0 Å². The van der Waals surface area contributed by atoms with Crippen molar-refractivity contribution in [1.29, 1.82) is 0 Å². The van der Waals surface area contributed by atoms with Gasteiger partial charge in [-0.15, -0.1) is 0 Å². The highest BCUT2D eigenvalue weighted by Crippen LogP contribution is 2.54. The van der Waals surface area contributed by atoms with E-state index < -0.39 is 0 Å². The number of hydrogen-bond acceptors (Lipinski definition) is 0. The molecule has 0 saturated carbocycles. The van der Waals surface area contributed by atoms with E-state index in [1.165, 1.54) is 166 Å². The summed E-state index contributed by atoms with van der Waals surface area (Å²) in [5, 5.41) is 7.62. The second-order valence-electron chi connectivity index (χ2n) is 25.5. The molecule has 0 bridgehead atoms. The Morgan fingerprint density at radius 3 is 0.245 bits per heavy atom. The Labute approximate surface area is 598 Å². The topological polar surface area (TPSA) is 0 Å². The maximum Gasteiger partial charge on any atom is -0.00141 e. The van der Waals surface area contributed by atoms with Crippen molar-refractivity contribution in [2.24, 2.45) is 0 Å². The zero-order chi connectivity index (χ0) is 68.2. The predicted octanol–water partition coefficient (Wildman–Crippen LogP) is 28.5. The molecule has 0 atom stereocenters. The van der Waals surface area contributed by atoms with Crippen LogP contribution in [0.1, 0.15) is 0 Å². The van der Waals surface area contributed by atoms with Crippen molar-refractivity contribution in [2.75, 3.05) is 0 Å². The zero-order valence-corrected chi connectivity index (χ0v) is 56.6. The minimum absolute atomic E-state index is 1.23. The maximum atomic E-state index is 2.27. The minimum atomic E-state index is 1.23. The summed E-state index contributed by atoms with van der Waals surface area (Å²) in [4.78, 5) is 0. The Balaban J connectivity index is 0.000000118. The average Bonchev–Trinajstić information content (AvgIpc) is 0.741. The highest BCUT2D eigenvalue weighted by molar-refractivity contribution is 6.21. The second-order valence-corrected chi connectivity index (χ2v) is 25.5. The van der Waals surface area contributed by atoms with E-state index in [1.54, 1.807) is 0 Å². The fourth-order valence-electron chi connectivity index (χ4n) is 15.1. The van der Waals surface area contributed by atoms with Crippen LogP contribution >= 0.6 is 0 Å². The molecule has 18 aromatic carbocycles. The third kappa shape index (κ3) is 12.7. The number of benzene rings is 18. The normalized spacial score (nSPS) is 10.9. The van der Waals surface area contributed by atoms with Gasteiger partial charge in [-0.2, -0.15) is 0 Å². The van der Waals surface area contributed by atoms with Gasteiger partial charge in [-0.05, 0) is 166 Å². The molecule has 0 radical (unpaired) electrons. The van der Waals surface area contributed by atoms with Crippen molar-refractivity contribution in [1.82, 2.24) is 0 Å². The molecule has 18 rings (SSSR count). The van der Waals surface area contributed by atoms with Crippen LogP contribution in [0.2, 0.25) is 0 Å². The lowest BCUT2D eigenvalue weighted by Crippen LogP contribution is -1.97. The van der Waals surface area contributed by atoms with Gasteiger partial charge in [-0.25, -0.2) is 0 Å². The number of fused-ring (bicyclic) bond motifs is 3. The molecular formula is C102H72. The Morgan fingerprint density at radius 1 is 0.0686 bits per heavy atom. The van der Waals surface area contributed by atoms with E-state index in [2.05, 4.69) is 437 Å². The fourth-order valence-corrected chi connectivity index (χ4v) is 15.1. The molecule has 0 fully saturated rings. The van der Waals surface area contributed by atoms with Crippen molar-refractivity contribution >= 4 is 32.3 Å². The molecule has 0 unspecified atom stereocenters. The van der Waals surface area contributed by atoms with Gasteiger partial charge in [0.25, 0.3) is 0 Å². The molecule has 0 aliphatic heterocycles. The summed E-state index contributed by atoms with van der Waals surface area (Å²) in [7, 11) is 0. The van der Waals surface area contributed by atoms with Crippen LogP contribution in [0.3, 0.4) is 0 Å². The van der Waals surface area contributed by atoms with Crippen LogP contribution < -0.4 is 0 Å². The predicted molar refractivity (Wildman–Crippen MR) is 437 cm³/mol. The van der Waals surface area contributed by atoms with Crippen molar-refractivity contribution in [3.05, 3.63) is 437 Å². The van der Waals surface area contributed by atoms with Crippen LogP contribution in [0.4, 0.5) is 0 Å².